The molecule has 1 aromatic heterocycles. The van der Waals surface area contributed by atoms with Crippen molar-refractivity contribution < 1.29 is 19.1 Å². The normalized spacial score (nSPS) is 23.5. The number of aryl methyl sites for hydroxylation is 1. The smallest absolute Gasteiger partial charge is 0.323 e. The van der Waals surface area contributed by atoms with Crippen LogP contribution in [0.3, 0.4) is 0 Å². The van der Waals surface area contributed by atoms with Crippen molar-refractivity contribution in [3.63, 3.8) is 0 Å². The summed E-state index contributed by atoms with van der Waals surface area (Å²) < 4.78 is 5.03. The molecule has 104 valence electrons. The van der Waals surface area contributed by atoms with E-state index in [0.29, 0.717) is 18.9 Å². The summed E-state index contributed by atoms with van der Waals surface area (Å²) in [7, 11) is 0. The first-order valence-electron chi connectivity index (χ1n) is 6.00. The van der Waals surface area contributed by atoms with E-state index in [2.05, 4.69) is 15.5 Å². The van der Waals surface area contributed by atoms with Crippen molar-refractivity contribution in [1.82, 2.24) is 15.1 Å². The first-order valence-corrected chi connectivity index (χ1v) is 6.00. The number of carbonyl (C=O) groups excluding carboxylic acids is 1. The monoisotopic (exact) mass is 268 g/mol. The van der Waals surface area contributed by atoms with Gasteiger partial charge in [-0.1, -0.05) is 5.10 Å². The van der Waals surface area contributed by atoms with E-state index < -0.39 is 11.5 Å². The van der Waals surface area contributed by atoms with Crippen LogP contribution in [0.1, 0.15) is 25.7 Å². The second kappa shape index (κ2) is 4.96. The van der Waals surface area contributed by atoms with Gasteiger partial charge in [-0.15, -0.1) is 5.10 Å². The molecular formula is C11H16N4O4. The van der Waals surface area contributed by atoms with E-state index in [1.807, 2.05) is 0 Å². The van der Waals surface area contributed by atoms with Gasteiger partial charge in [0, 0.05) is 6.92 Å². The zero-order valence-electron chi connectivity index (χ0n) is 10.8. The highest BCUT2D eigenvalue weighted by Crippen LogP contribution is 2.28. The third kappa shape index (κ3) is 2.73. The number of hydrogen-bond donors (Lipinski definition) is 2. The topological polar surface area (TPSA) is 109 Å². The van der Waals surface area contributed by atoms with Crippen LogP contribution < -0.4 is 5.32 Å². The average Bonchev–Trinajstić information content (AvgIpc) is 2.87. The standard InChI is InChI=1S/C11H16N4O4/c1-7-13-14-10(19-7)12-8(16)6-15-5-3-4-11(15,2)9(17)18/h3-6H2,1-2H3,(H,17,18)(H,12,14,16). The fraction of sp³-hybridized carbons (Fsp3) is 0.636. The van der Waals surface area contributed by atoms with E-state index in [4.69, 9.17) is 4.42 Å². The van der Waals surface area contributed by atoms with Gasteiger partial charge < -0.3 is 9.52 Å². The fourth-order valence-corrected chi connectivity index (χ4v) is 2.19. The Kier molecular flexibility index (Phi) is 3.52. The Bertz CT molecular complexity index is 501. The van der Waals surface area contributed by atoms with Crippen LogP contribution in [0.25, 0.3) is 0 Å². The Balaban J connectivity index is 1.97. The molecule has 1 atom stereocenters. The van der Waals surface area contributed by atoms with Gasteiger partial charge in [0.1, 0.15) is 5.54 Å². The molecule has 8 nitrogen and oxygen atoms in total. The van der Waals surface area contributed by atoms with E-state index in [-0.39, 0.29) is 18.5 Å². The molecule has 2 rings (SSSR count). The van der Waals surface area contributed by atoms with Crippen LogP contribution in [0.15, 0.2) is 4.42 Å². The van der Waals surface area contributed by atoms with E-state index in [0.717, 1.165) is 6.42 Å². The van der Waals surface area contributed by atoms with Crippen molar-refractivity contribution in [2.24, 2.45) is 0 Å². The molecule has 2 N–H and O–H groups in total. The fourth-order valence-electron chi connectivity index (χ4n) is 2.19. The van der Waals surface area contributed by atoms with Gasteiger partial charge in [-0.25, -0.2) is 0 Å². The summed E-state index contributed by atoms with van der Waals surface area (Å²) in [5.41, 5.74) is -0.984. The number of likely N-dealkylation sites (tertiary alicyclic amines) is 1. The molecule has 0 aromatic carbocycles. The van der Waals surface area contributed by atoms with Crippen LogP contribution >= 0.6 is 0 Å². The van der Waals surface area contributed by atoms with Crippen LogP contribution in [0.5, 0.6) is 0 Å². The molecule has 1 aliphatic rings. The molecule has 1 amide bonds. The zero-order valence-corrected chi connectivity index (χ0v) is 10.8. The van der Waals surface area contributed by atoms with Gasteiger partial charge >= 0.3 is 12.0 Å². The molecule has 19 heavy (non-hydrogen) atoms. The number of carbonyl (C=O) groups is 2. The minimum absolute atomic E-state index is 0.00969. The predicted octanol–water partition coefficient (Wildman–Crippen LogP) is 0.256. The molecule has 0 aliphatic carbocycles. The van der Waals surface area contributed by atoms with Crippen molar-refractivity contribution in [2.75, 3.05) is 18.4 Å². The summed E-state index contributed by atoms with van der Waals surface area (Å²) in [5.74, 6) is -0.920. The van der Waals surface area contributed by atoms with E-state index in [9.17, 15) is 14.7 Å². The Morgan fingerprint density at radius 1 is 1.53 bits per heavy atom. The first kappa shape index (κ1) is 13.5. The van der Waals surface area contributed by atoms with Gasteiger partial charge in [0.15, 0.2) is 0 Å². The van der Waals surface area contributed by atoms with Crippen molar-refractivity contribution in [1.29, 1.82) is 0 Å². The molecular weight excluding hydrogens is 252 g/mol. The van der Waals surface area contributed by atoms with Crippen LogP contribution in [-0.2, 0) is 9.59 Å². The van der Waals surface area contributed by atoms with Gasteiger partial charge in [-0.3, -0.25) is 19.8 Å². The molecule has 1 fully saturated rings. The van der Waals surface area contributed by atoms with Gasteiger partial charge in [0.25, 0.3) is 0 Å². The number of carboxylic acids is 1. The third-order valence-corrected chi connectivity index (χ3v) is 3.36. The molecule has 1 aliphatic heterocycles. The molecule has 1 saturated heterocycles. The summed E-state index contributed by atoms with van der Waals surface area (Å²) in [6.07, 6.45) is 1.30. The van der Waals surface area contributed by atoms with Crippen LogP contribution in [0.4, 0.5) is 6.01 Å². The second-order valence-electron chi connectivity index (χ2n) is 4.78. The van der Waals surface area contributed by atoms with Crippen molar-refractivity contribution in [3.8, 4) is 0 Å². The lowest BCUT2D eigenvalue weighted by Gasteiger charge is -2.30. The van der Waals surface area contributed by atoms with Crippen LogP contribution in [-0.4, -0.2) is 50.7 Å². The Morgan fingerprint density at radius 2 is 2.26 bits per heavy atom. The summed E-state index contributed by atoms with van der Waals surface area (Å²) >= 11 is 0. The Hall–Kier alpha value is -1.96. The molecule has 0 radical (unpaired) electrons. The van der Waals surface area contributed by atoms with E-state index in [1.165, 1.54) is 0 Å². The van der Waals surface area contributed by atoms with Crippen molar-refractivity contribution in [3.05, 3.63) is 5.89 Å². The molecule has 1 aromatic rings. The van der Waals surface area contributed by atoms with Gasteiger partial charge in [0.2, 0.25) is 11.8 Å². The lowest BCUT2D eigenvalue weighted by Crippen LogP contribution is -2.50. The maximum atomic E-state index is 11.8. The molecule has 2 heterocycles. The maximum absolute atomic E-state index is 11.8. The second-order valence-corrected chi connectivity index (χ2v) is 4.78. The number of amides is 1. The minimum atomic E-state index is -0.984. The highest BCUT2D eigenvalue weighted by molar-refractivity contribution is 5.91. The SMILES string of the molecule is Cc1nnc(NC(=O)CN2CCCC2(C)C(=O)O)o1. The number of rotatable bonds is 4. The minimum Gasteiger partial charge on any atom is -0.480 e. The largest absolute Gasteiger partial charge is 0.480 e. The molecule has 1 unspecified atom stereocenters. The third-order valence-electron chi connectivity index (χ3n) is 3.36. The molecule has 8 heteroatoms. The zero-order chi connectivity index (χ0) is 14.0. The quantitative estimate of drug-likeness (QED) is 0.805. The number of carboxylic acid groups (broad SMARTS) is 1. The Morgan fingerprint density at radius 3 is 2.84 bits per heavy atom. The number of aromatic nitrogens is 2. The van der Waals surface area contributed by atoms with Crippen molar-refractivity contribution >= 4 is 17.9 Å². The van der Waals surface area contributed by atoms with Crippen LogP contribution in [0, 0.1) is 6.92 Å². The number of anilines is 1. The number of nitrogens with zero attached hydrogens (tertiary/aromatic N) is 3. The lowest BCUT2D eigenvalue weighted by atomic mass is 9.99. The first-order chi connectivity index (χ1) is 8.91. The average molecular weight is 268 g/mol. The highest BCUT2D eigenvalue weighted by atomic mass is 16.4. The summed E-state index contributed by atoms with van der Waals surface area (Å²) in [6.45, 7) is 3.82. The maximum Gasteiger partial charge on any atom is 0.323 e. The van der Waals surface area contributed by atoms with E-state index in [1.54, 1.807) is 18.7 Å². The molecule has 0 spiro atoms. The van der Waals surface area contributed by atoms with Crippen LogP contribution in [0.2, 0.25) is 0 Å². The van der Waals surface area contributed by atoms with Gasteiger partial charge in [-0.05, 0) is 26.3 Å². The van der Waals surface area contributed by atoms with Crippen molar-refractivity contribution in [2.45, 2.75) is 32.2 Å². The molecule has 0 bridgehead atoms. The summed E-state index contributed by atoms with van der Waals surface area (Å²) in [4.78, 5) is 24.7. The summed E-state index contributed by atoms with van der Waals surface area (Å²) in [6, 6.07) is 0.0266. The lowest BCUT2D eigenvalue weighted by molar-refractivity contribution is -0.149. The molecule has 0 saturated carbocycles. The van der Waals surface area contributed by atoms with Gasteiger partial charge in [0.05, 0.1) is 6.54 Å². The highest BCUT2D eigenvalue weighted by Gasteiger charge is 2.43. The number of aliphatic carboxylic acids is 1. The van der Waals surface area contributed by atoms with E-state index >= 15 is 0 Å². The van der Waals surface area contributed by atoms with Gasteiger partial charge in [-0.2, -0.15) is 0 Å². The Labute approximate surface area is 109 Å². The number of hydrogen-bond acceptors (Lipinski definition) is 6. The summed E-state index contributed by atoms with van der Waals surface area (Å²) in [5, 5.41) is 18.9. The predicted molar refractivity (Wildman–Crippen MR) is 64.5 cm³/mol. The number of nitrogens with one attached hydrogen (secondary N) is 1.